The zero-order chi connectivity index (χ0) is 16.4. The average Bonchev–Trinajstić information content (AvgIpc) is 3.36. The monoisotopic (exact) mass is 309 g/mol. The van der Waals surface area contributed by atoms with Gasteiger partial charge >= 0.3 is 5.97 Å². The number of aliphatic carboxylic acids is 1. The van der Waals surface area contributed by atoms with Gasteiger partial charge in [-0.3, -0.25) is 9.59 Å². The van der Waals surface area contributed by atoms with Crippen molar-refractivity contribution in [3.8, 4) is 11.1 Å². The second kappa shape index (κ2) is 6.24. The van der Waals surface area contributed by atoms with Crippen LogP contribution in [-0.4, -0.2) is 28.9 Å². The summed E-state index contributed by atoms with van der Waals surface area (Å²) in [6.07, 6.45) is 0.457. The third-order valence-electron chi connectivity index (χ3n) is 4.31. The molecule has 0 spiro atoms. The first kappa shape index (κ1) is 15.3. The molecule has 1 saturated carbocycles. The van der Waals surface area contributed by atoms with Crippen molar-refractivity contribution in [3.63, 3.8) is 0 Å². The summed E-state index contributed by atoms with van der Waals surface area (Å²) >= 11 is 0. The Morgan fingerprint density at radius 2 is 1.70 bits per heavy atom. The highest BCUT2D eigenvalue weighted by Gasteiger charge is 2.49. The Morgan fingerprint density at radius 1 is 1.04 bits per heavy atom. The predicted molar refractivity (Wildman–Crippen MR) is 87.6 cm³/mol. The third-order valence-corrected chi connectivity index (χ3v) is 4.31. The van der Waals surface area contributed by atoms with E-state index in [1.54, 1.807) is 11.9 Å². The summed E-state index contributed by atoms with van der Waals surface area (Å²) in [6.45, 7) is 0.479. The van der Waals surface area contributed by atoms with Crippen LogP contribution >= 0.6 is 0 Å². The summed E-state index contributed by atoms with van der Waals surface area (Å²) in [7, 11) is 1.74. The van der Waals surface area contributed by atoms with Crippen LogP contribution in [0.5, 0.6) is 0 Å². The van der Waals surface area contributed by atoms with E-state index < -0.39 is 11.9 Å². The lowest BCUT2D eigenvalue weighted by Crippen LogP contribution is -2.29. The zero-order valence-corrected chi connectivity index (χ0v) is 13.0. The van der Waals surface area contributed by atoms with Gasteiger partial charge in [0, 0.05) is 13.6 Å². The fraction of sp³-hybridized carbons (Fsp3) is 0.263. The van der Waals surface area contributed by atoms with Crippen molar-refractivity contribution in [1.82, 2.24) is 4.90 Å². The smallest absolute Gasteiger partial charge is 0.307 e. The summed E-state index contributed by atoms with van der Waals surface area (Å²) in [6, 6.07) is 18.0. The Kier molecular flexibility index (Phi) is 4.15. The molecule has 0 aromatic heterocycles. The third kappa shape index (κ3) is 3.26. The molecule has 4 nitrogen and oxygen atoms in total. The molecule has 118 valence electrons. The lowest BCUT2D eigenvalue weighted by atomic mass is 9.99. The first-order chi connectivity index (χ1) is 11.1. The van der Waals surface area contributed by atoms with Crippen LogP contribution in [0, 0.1) is 11.8 Å². The van der Waals surface area contributed by atoms with E-state index in [0.29, 0.717) is 13.0 Å². The van der Waals surface area contributed by atoms with Crippen LogP contribution < -0.4 is 0 Å². The van der Waals surface area contributed by atoms with Gasteiger partial charge in [-0.1, -0.05) is 54.6 Å². The zero-order valence-electron chi connectivity index (χ0n) is 13.0. The van der Waals surface area contributed by atoms with Crippen LogP contribution in [0.1, 0.15) is 12.0 Å². The highest BCUT2D eigenvalue weighted by molar-refractivity contribution is 5.89. The molecule has 0 radical (unpaired) electrons. The molecule has 1 aliphatic rings. The molecule has 2 aromatic rings. The van der Waals surface area contributed by atoms with E-state index in [4.69, 9.17) is 5.11 Å². The van der Waals surface area contributed by atoms with Crippen LogP contribution in [0.15, 0.2) is 54.6 Å². The van der Waals surface area contributed by atoms with E-state index in [1.165, 1.54) is 0 Å². The van der Waals surface area contributed by atoms with Gasteiger partial charge in [0.1, 0.15) is 0 Å². The first-order valence-electron chi connectivity index (χ1n) is 7.69. The number of carboxylic acid groups (broad SMARTS) is 1. The van der Waals surface area contributed by atoms with Gasteiger partial charge in [0.2, 0.25) is 5.91 Å². The van der Waals surface area contributed by atoms with Crippen molar-refractivity contribution >= 4 is 11.9 Å². The van der Waals surface area contributed by atoms with Crippen molar-refractivity contribution in [3.05, 3.63) is 60.2 Å². The molecule has 0 saturated heterocycles. The molecule has 3 rings (SSSR count). The summed E-state index contributed by atoms with van der Waals surface area (Å²) in [5, 5.41) is 8.97. The van der Waals surface area contributed by atoms with Crippen molar-refractivity contribution in [2.45, 2.75) is 13.0 Å². The Morgan fingerprint density at radius 3 is 2.35 bits per heavy atom. The number of carboxylic acids is 1. The number of hydrogen-bond donors (Lipinski definition) is 1. The van der Waals surface area contributed by atoms with E-state index >= 15 is 0 Å². The maximum atomic E-state index is 12.3. The van der Waals surface area contributed by atoms with E-state index in [9.17, 15) is 9.59 Å². The molecule has 1 N–H and O–H groups in total. The van der Waals surface area contributed by atoms with Crippen LogP contribution in [-0.2, 0) is 16.1 Å². The molecule has 0 aliphatic heterocycles. The van der Waals surface area contributed by atoms with Crippen LogP contribution in [0.3, 0.4) is 0 Å². The van der Waals surface area contributed by atoms with Crippen molar-refractivity contribution in [1.29, 1.82) is 0 Å². The topological polar surface area (TPSA) is 57.6 Å². The Labute approximate surface area is 135 Å². The van der Waals surface area contributed by atoms with E-state index in [-0.39, 0.29) is 11.8 Å². The highest BCUT2D eigenvalue weighted by Crippen LogP contribution is 2.40. The lowest BCUT2D eigenvalue weighted by Gasteiger charge is -2.19. The summed E-state index contributed by atoms with van der Waals surface area (Å²) in [5.74, 6) is -1.82. The number of hydrogen-bond acceptors (Lipinski definition) is 2. The van der Waals surface area contributed by atoms with Crippen LogP contribution in [0.25, 0.3) is 11.1 Å². The Balaban J connectivity index is 1.76. The highest BCUT2D eigenvalue weighted by atomic mass is 16.4. The predicted octanol–water partition coefficient (Wildman–Crippen LogP) is 3.03. The minimum absolute atomic E-state index is 0.0831. The summed E-state index contributed by atoms with van der Waals surface area (Å²) < 4.78 is 0. The second-order valence-corrected chi connectivity index (χ2v) is 6.00. The lowest BCUT2D eigenvalue weighted by molar-refractivity contribution is -0.141. The molecular weight excluding hydrogens is 290 g/mol. The quantitative estimate of drug-likeness (QED) is 0.923. The van der Waals surface area contributed by atoms with E-state index in [2.05, 4.69) is 0 Å². The summed E-state index contributed by atoms with van der Waals surface area (Å²) in [5.41, 5.74) is 3.26. The van der Waals surface area contributed by atoms with E-state index in [0.717, 1.165) is 16.7 Å². The molecule has 2 unspecified atom stereocenters. The molecular formula is C19H19NO3. The van der Waals surface area contributed by atoms with Crippen molar-refractivity contribution in [2.75, 3.05) is 7.05 Å². The fourth-order valence-electron chi connectivity index (χ4n) is 2.91. The van der Waals surface area contributed by atoms with Crippen molar-refractivity contribution < 1.29 is 14.7 Å². The van der Waals surface area contributed by atoms with Gasteiger partial charge in [-0.25, -0.2) is 0 Å². The molecule has 1 aliphatic carbocycles. The number of carbonyl (C=O) groups is 2. The fourth-order valence-corrected chi connectivity index (χ4v) is 2.91. The van der Waals surface area contributed by atoms with Gasteiger partial charge in [-0.15, -0.1) is 0 Å². The first-order valence-corrected chi connectivity index (χ1v) is 7.69. The van der Waals surface area contributed by atoms with Gasteiger partial charge in [0.25, 0.3) is 0 Å². The van der Waals surface area contributed by atoms with Crippen molar-refractivity contribution in [2.24, 2.45) is 11.8 Å². The molecule has 1 fully saturated rings. The molecule has 4 heteroatoms. The maximum Gasteiger partial charge on any atom is 0.307 e. The average molecular weight is 309 g/mol. The maximum absolute atomic E-state index is 12.3. The second-order valence-electron chi connectivity index (χ2n) is 6.00. The van der Waals surface area contributed by atoms with Gasteiger partial charge in [-0.2, -0.15) is 0 Å². The molecule has 2 atom stereocenters. The van der Waals surface area contributed by atoms with E-state index in [1.807, 2.05) is 54.6 Å². The largest absolute Gasteiger partial charge is 0.481 e. The minimum atomic E-state index is -0.874. The molecule has 0 heterocycles. The van der Waals surface area contributed by atoms with Crippen LogP contribution in [0.2, 0.25) is 0 Å². The minimum Gasteiger partial charge on any atom is -0.481 e. The van der Waals surface area contributed by atoms with Gasteiger partial charge in [0.05, 0.1) is 11.8 Å². The van der Waals surface area contributed by atoms with Gasteiger partial charge in [0.15, 0.2) is 0 Å². The number of amides is 1. The molecule has 2 aromatic carbocycles. The number of nitrogens with zero attached hydrogens (tertiary/aromatic N) is 1. The molecule has 23 heavy (non-hydrogen) atoms. The number of benzene rings is 2. The normalized spacial score (nSPS) is 19.2. The number of rotatable bonds is 5. The molecule has 1 amide bonds. The Bertz CT molecular complexity index is 726. The summed E-state index contributed by atoms with van der Waals surface area (Å²) in [4.78, 5) is 24.9. The van der Waals surface area contributed by atoms with Crippen LogP contribution in [0.4, 0.5) is 0 Å². The molecule has 0 bridgehead atoms. The van der Waals surface area contributed by atoms with Gasteiger partial charge < -0.3 is 10.0 Å². The SMILES string of the molecule is CN(Cc1ccccc1-c1ccccc1)C(=O)C1CC1C(=O)O. The van der Waals surface area contributed by atoms with Gasteiger partial charge in [-0.05, 0) is 23.1 Å². The standard InChI is InChI=1S/C19H19NO3/c1-20(18(21)16-11-17(16)19(22)23)12-14-9-5-6-10-15(14)13-7-3-2-4-8-13/h2-10,16-17H,11-12H2,1H3,(H,22,23). The Hall–Kier alpha value is -2.62. The number of carbonyl (C=O) groups excluding carboxylic acids is 1.